The molecule has 0 amide bonds. The monoisotopic (exact) mass is 381 g/mol. The van der Waals surface area contributed by atoms with Crippen LogP contribution in [0.5, 0.6) is 0 Å². The molecule has 0 aliphatic heterocycles. The van der Waals surface area contributed by atoms with Crippen molar-refractivity contribution in [1.29, 1.82) is 5.26 Å². The minimum atomic E-state index is -0.852. The number of fused-ring (bicyclic) bond motifs is 1. The molecular formula is C23H31N3O2. The van der Waals surface area contributed by atoms with Gasteiger partial charge in [0, 0.05) is 11.3 Å². The number of aryl methyl sites for hydroxylation is 1. The normalized spacial score (nSPS) is 17.3. The van der Waals surface area contributed by atoms with Crippen LogP contribution in [0.2, 0.25) is 0 Å². The van der Waals surface area contributed by atoms with Crippen LogP contribution in [0, 0.1) is 17.2 Å². The van der Waals surface area contributed by atoms with E-state index >= 15 is 0 Å². The van der Waals surface area contributed by atoms with E-state index in [0.29, 0.717) is 12.5 Å². The van der Waals surface area contributed by atoms with Crippen molar-refractivity contribution in [2.24, 2.45) is 5.92 Å². The molecule has 1 saturated carbocycles. The van der Waals surface area contributed by atoms with E-state index in [-0.39, 0.29) is 5.92 Å². The van der Waals surface area contributed by atoms with E-state index in [2.05, 4.69) is 17.7 Å². The maximum atomic E-state index is 12.0. The summed E-state index contributed by atoms with van der Waals surface area (Å²) in [6.07, 6.45) is 8.88. The predicted molar refractivity (Wildman–Crippen MR) is 110 cm³/mol. The Morgan fingerprint density at radius 3 is 2.68 bits per heavy atom. The number of hydrogen-bond donors (Lipinski definition) is 1. The van der Waals surface area contributed by atoms with E-state index in [9.17, 15) is 15.2 Å². The Bertz CT molecular complexity index is 859. The highest BCUT2D eigenvalue weighted by Gasteiger charge is 2.26. The lowest BCUT2D eigenvalue weighted by Crippen LogP contribution is -2.17. The third-order valence-corrected chi connectivity index (χ3v) is 6.10. The zero-order valence-electron chi connectivity index (χ0n) is 17.0. The summed E-state index contributed by atoms with van der Waals surface area (Å²) in [6, 6.07) is 8.68. The van der Waals surface area contributed by atoms with Crippen LogP contribution in [0.4, 0.5) is 0 Å². The Hall–Kier alpha value is -2.35. The summed E-state index contributed by atoms with van der Waals surface area (Å²) in [5, 5.41) is 25.3. The largest absolute Gasteiger partial charge is 0.481 e. The molecule has 5 nitrogen and oxygen atoms in total. The maximum Gasteiger partial charge on any atom is 0.311 e. The molecular weight excluding hydrogens is 350 g/mol. The van der Waals surface area contributed by atoms with Gasteiger partial charge in [-0.1, -0.05) is 51.7 Å². The molecule has 3 rings (SSSR count). The van der Waals surface area contributed by atoms with Crippen molar-refractivity contribution in [3.63, 3.8) is 0 Å². The molecule has 28 heavy (non-hydrogen) atoms. The van der Waals surface area contributed by atoms with Crippen LogP contribution in [0.3, 0.4) is 0 Å². The van der Waals surface area contributed by atoms with Gasteiger partial charge in [-0.2, -0.15) is 10.4 Å². The van der Waals surface area contributed by atoms with Gasteiger partial charge in [-0.05, 0) is 43.7 Å². The van der Waals surface area contributed by atoms with Crippen LogP contribution < -0.4 is 0 Å². The number of carboxylic acids is 1. The molecule has 1 aliphatic rings. The Labute approximate surface area is 167 Å². The Balaban J connectivity index is 2.01. The van der Waals surface area contributed by atoms with Gasteiger partial charge in [-0.3, -0.25) is 9.48 Å². The van der Waals surface area contributed by atoms with Crippen LogP contribution in [0.1, 0.15) is 88.4 Å². The van der Waals surface area contributed by atoms with Crippen molar-refractivity contribution < 1.29 is 9.90 Å². The summed E-state index contributed by atoms with van der Waals surface area (Å²) >= 11 is 0. The number of nitrogens with zero attached hydrogens (tertiary/aromatic N) is 3. The fourth-order valence-corrected chi connectivity index (χ4v) is 4.55. The van der Waals surface area contributed by atoms with E-state index in [1.165, 1.54) is 19.3 Å². The van der Waals surface area contributed by atoms with Crippen molar-refractivity contribution in [2.75, 3.05) is 0 Å². The number of rotatable bonds is 8. The molecule has 1 aromatic heterocycles. The lowest BCUT2D eigenvalue weighted by atomic mass is 9.87. The second-order valence-electron chi connectivity index (χ2n) is 8.05. The van der Waals surface area contributed by atoms with Crippen LogP contribution in [0.25, 0.3) is 10.9 Å². The van der Waals surface area contributed by atoms with Gasteiger partial charge in [0.15, 0.2) is 0 Å². The van der Waals surface area contributed by atoms with Crippen LogP contribution >= 0.6 is 0 Å². The highest BCUT2D eigenvalue weighted by molar-refractivity contribution is 5.85. The molecule has 2 aromatic rings. The summed E-state index contributed by atoms with van der Waals surface area (Å²) < 4.78 is 2.16. The lowest BCUT2D eigenvalue weighted by molar-refractivity contribution is -0.139. The minimum Gasteiger partial charge on any atom is -0.481 e. The number of hydrogen-bond acceptors (Lipinski definition) is 3. The number of aliphatic carboxylic acids is 1. The van der Waals surface area contributed by atoms with Crippen molar-refractivity contribution in [2.45, 2.75) is 83.6 Å². The van der Waals surface area contributed by atoms with Gasteiger partial charge in [-0.15, -0.1) is 0 Å². The van der Waals surface area contributed by atoms with Crippen LogP contribution in [-0.2, 0) is 11.2 Å². The minimum absolute atomic E-state index is 0.226. The molecule has 1 N–H and O–H groups in total. The van der Waals surface area contributed by atoms with E-state index in [1.807, 2.05) is 25.1 Å². The number of carboxylic acid groups (broad SMARTS) is 1. The highest BCUT2D eigenvalue weighted by Crippen LogP contribution is 2.34. The first-order valence-electron chi connectivity index (χ1n) is 10.7. The zero-order valence-corrected chi connectivity index (χ0v) is 17.0. The molecule has 1 aromatic carbocycles. The molecule has 1 fully saturated rings. The molecule has 0 spiro atoms. The average Bonchev–Trinajstić information content (AvgIpc) is 3.09. The van der Waals surface area contributed by atoms with E-state index in [0.717, 1.165) is 54.3 Å². The predicted octanol–water partition coefficient (Wildman–Crippen LogP) is 5.60. The molecule has 2 atom stereocenters. The second-order valence-corrected chi connectivity index (χ2v) is 8.05. The third kappa shape index (κ3) is 4.22. The number of benzene rings is 1. The summed E-state index contributed by atoms with van der Waals surface area (Å²) in [7, 11) is 0. The first-order chi connectivity index (χ1) is 13.6. The molecule has 0 bridgehead atoms. The summed E-state index contributed by atoms with van der Waals surface area (Å²) in [4.78, 5) is 12.0. The molecule has 2 unspecified atom stereocenters. The van der Waals surface area contributed by atoms with Gasteiger partial charge in [0.1, 0.15) is 0 Å². The number of aromatic nitrogens is 2. The van der Waals surface area contributed by atoms with Crippen molar-refractivity contribution in [3.8, 4) is 6.07 Å². The molecule has 1 aliphatic carbocycles. The first-order valence-corrected chi connectivity index (χ1v) is 10.7. The van der Waals surface area contributed by atoms with Gasteiger partial charge in [0.25, 0.3) is 0 Å². The fraction of sp³-hybridized carbons (Fsp3) is 0.609. The van der Waals surface area contributed by atoms with Crippen molar-refractivity contribution in [1.82, 2.24) is 9.78 Å². The third-order valence-electron chi connectivity index (χ3n) is 6.10. The molecule has 5 heteroatoms. The van der Waals surface area contributed by atoms with Gasteiger partial charge in [0.2, 0.25) is 0 Å². The van der Waals surface area contributed by atoms with Gasteiger partial charge in [-0.25, -0.2) is 0 Å². The molecule has 150 valence electrons. The number of nitriles is 1. The summed E-state index contributed by atoms with van der Waals surface area (Å²) in [5.74, 6) is -1.73. The molecule has 0 radical (unpaired) electrons. The quantitative estimate of drug-likeness (QED) is 0.645. The first kappa shape index (κ1) is 20.4. The van der Waals surface area contributed by atoms with Crippen molar-refractivity contribution >= 4 is 16.9 Å². The average molecular weight is 382 g/mol. The van der Waals surface area contributed by atoms with Gasteiger partial charge in [0.05, 0.1) is 29.2 Å². The Morgan fingerprint density at radius 2 is 2.07 bits per heavy atom. The molecule has 0 saturated heterocycles. The highest BCUT2D eigenvalue weighted by atomic mass is 16.4. The smallest absolute Gasteiger partial charge is 0.311 e. The Kier molecular flexibility index (Phi) is 6.72. The fourth-order valence-electron chi connectivity index (χ4n) is 4.55. The standard InChI is InChI=1S/C23H31N3O2/c1-3-8-16(15-24)13-20(23(27)28)17-11-12-19-21(4-2)25-26(22(19)14-17)18-9-6-5-7-10-18/h11-12,14,16,18,20H,3-10,13H2,1-2H3,(H,27,28). The van der Waals surface area contributed by atoms with Gasteiger partial charge >= 0.3 is 5.97 Å². The van der Waals surface area contributed by atoms with Crippen molar-refractivity contribution in [3.05, 3.63) is 29.5 Å². The van der Waals surface area contributed by atoms with E-state index in [1.54, 1.807) is 0 Å². The Morgan fingerprint density at radius 1 is 1.32 bits per heavy atom. The zero-order chi connectivity index (χ0) is 20.1. The van der Waals surface area contributed by atoms with E-state index in [4.69, 9.17) is 5.10 Å². The van der Waals surface area contributed by atoms with E-state index < -0.39 is 11.9 Å². The number of carbonyl (C=O) groups is 1. The van der Waals surface area contributed by atoms with Crippen LogP contribution in [0.15, 0.2) is 18.2 Å². The topological polar surface area (TPSA) is 78.9 Å². The van der Waals surface area contributed by atoms with Crippen LogP contribution in [-0.4, -0.2) is 20.9 Å². The lowest BCUT2D eigenvalue weighted by Gasteiger charge is -2.23. The molecule has 1 heterocycles. The second kappa shape index (κ2) is 9.23. The SMILES string of the molecule is CCCC(C#N)CC(C(=O)O)c1ccc2c(CC)nn(C3CCCCC3)c2c1. The van der Waals surface area contributed by atoms with Gasteiger partial charge < -0.3 is 5.11 Å². The summed E-state index contributed by atoms with van der Waals surface area (Å²) in [5.41, 5.74) is 2.92. The summed E-state index contributed by atoms with van der Waals surface area (Å²) in [6.45, 7) is 4.14. The maximum absolute atomic E-state index is 12.0.